The minimum Gasteiger partial charge on any atom is -0.384 e. The monoisotopic (exact) mass is 545 g/mol. The average molecular weight is 547 g/mol. The minimum absolute atomic E-state index is 0. The van der Waals surface area contributed by atoms with Crippen molar-refractivity contribution in [1.29, 1.82) is 0 Å². The van der Waals surface area contributed by atoms with E-state index in [1.807, 2.05) is 19.1 Å². The summed E-state index contributed by atoms with van der Waals surface area (Å²) in [7, 11) is 0. The van der Waals surface area contributed by atoms with E-state index in [-0.39, 0.29) is 35.8 Å². The van der Waals surface area contributed by atoms with Crippen molar-refractivity contribution in [1.82, 2.24) is 29.6 Å². The lowest BCUT2D eigenvalue weighted by atomic mass is 9.79. The second kappa shape index (κ2) is 10.4. The molecule has 0 amide bonds. The van der Waals surface area contributed by atoms with E-state index in [1.54, 1.807) is 41.5 Å². The van der Waals surface area contributed by atoms with Gasteiger partial charge in [0.15, 0.2) is 11.5 Å². The number of benzene rings is 1. The van der Waals surface area contributed by atoms with Gasteiger partial charge in [-0.2, -0.15) is 4.98 Å². The third-order valence-electron chi connectivity index (χ3n) is 6.53. The summed E-state index contributed by atoms with van der Waals surface area (Å²) >= 11 is 0. The van der Waals surface area contributed by atoms with Crippen molar-refractivity contribution in [3.05, 3.63) is 69.8 Å². The van der Waals surface area contributed by atoms with Crippen LogP contribution >= 0.6 is 24.8 Å². The summed E-state index contributed by atoms with van der Waals surface area (Å²) in [6.45, 7) is 11.9. The number of pyridine rings is 1. The predicted octanol–water partition coefficient (Wildman–Crippen LogP) is 4.19. The van der Waals surface area contributed by atoms with E-state index in [1.165, 1.54) is 11.1 Å². The second-order valence-electron chi connectivity index (χ2n) is 10.2. The first-order valence-electron chi connectivity index (χ1n) is 11.9. The molecule has 0 radical (unpaired) electrons. The maximum absolute atomic E-state index is 13.1. The predicted molar refractivity (Wildman–Crippen MR) is 151 cm³/mol. The third kappa shape index (κ3) is 5.22. The molecule has 4 heterocycles. The van der Waals surface area contributed by atoms with Crippen LogP contribution in [-0.2, 0) is 24.1 Å². The number of fused-ring (bicyclic) bond motifs is 2. The summed E-state index contributed by atoms with van der Waals surface area (Å²) in [6.07, 6.45) is 1.55. The van der Waals surface area contributed by atoms with Crippen molar-refractivity contribution in [3.63, 3.8) is 0 Å². The highest BCUT2D eigenvalue weighted by Gasteiger charge is 2.27. The molecular weight excluding hydrogens is 513 g/mol. The molecule has 9 nitrogen and oxygen atoms in total. The van der Waals surface area contributed by atoms with E-state index >= 15 is 0 Å². The molecule has 0 unspecified atom stereocenters. The fourth-order valence-electron chi connectivity index (χ4n) is 4.70. The summed E-state index contributed by atoms with van der Waals surface area (Å²) in [5.74, 6) is 0.895. The number of hydrogen-bond acceptors (Lipinski definition) is 7. The zero-order valence-corrected chi connectivity index (χ0v) is 23.2. The van der Waals surface area contributed by atoms with Gasteiger partial charge in [-0.1, -0.05) is 26.0 Å². The van der Waals surface area contributed by atoms with Crippen LogP contribution in [0.25, 0.3) is 16.9 Å². The highest BCUT2D eigenvalue weighted by atomic mass is 35.5. The van der Waals surface area contributed by atoms with E-state index in [2.05, 4.69) is 46.6 Å². The first-order chi connectivity index (χ1) is 16.6. The Morgan fingerprint density at radius 3 is 2.62 bits per heavy atom. The maximum Gasteiger partial charge on any atom is 0.278 e. The Kier molecular flexibility index (Phi) is 8.05. The average Bonchev–Trinajstić information content (AvgIpc) is 3.09. The number of hydrogen-bond donors (Lipinski definition) is 3. The molecule has 0 saturated heterocycles. The second-order valence-corrected chi connectivity index (χ2v) is 10.2. The minimum atomic E-state index is -1.12. The standard InChI is InChI=1S/C26H31N7O2.2ClH/c1-6-32-23(34)18-14-28-24(29-17-10-11-19-16(12-17)13-27-15-25(19,2)3)31-22(18)33(32)21-9-7-8-20(30-21)26(4,5)35;;/h7-12,14,27,35H,6,13,15H2,1-5H3,(H,28,29,31);2*1H. The van der Waals surface area contributed by atoms with Crippen molar-refractivity contribution in [2.24, 2.45) is 0 Å². The van der Waals surface area contributed by atoms with Gasteiger partial charge in [0.25, 0.3) is 5.56 Å². The molecule has 0 aliphatic carbocycles. The van der Waals surface area contributed by atoms with Crippen LogP contribution in [-0.4, -0.2) is 36.0 Å². The summed E-state index contributed by atoms with van der Waals surface area (Å²) in [5.41, 5.74) is 3.19. The van der Waals surface area contributed by atoms with Crippen LogP contribution in [0.5, 0.6) is 0 Å². The molecule has 37 heavy (non-hydrogen) atoms. The van der Waals surface area contributed by atoms with Gasteiger partial charge in [0.05, 0.1) is 5.69 Å². The van der Waals surface area contributed by atoms with Crippen LogP contribution in [0.1, 0.15) is 51.4 Å². The summed E-state index contributed by atoms with van der Waals surface area (Å²) in [4.78, 5) is 26.8. The Bertz CT molecular complexity index is 1490. The molecule has 0 fully saturated rings. The van der Waals surface area contributed by atoms with Gasteiger partial charge < -0.3 is 15.7 Å². The number of aromatic nitrogens is 5. The van der Waals surface area contributed by atoms with Gasteiger partial charge in [-0.3, -0.25) is 4.79 Å². The fourth-order valence-corrected chi connectivity index (χ4v) is 4.70. The van der Waals surface area contributed by atoms with Gasteiger partial charge in [0, 0.05) is 36.9 Å². The van der Waals surface area contributed by atoms with Gasteiger partial charge >= 0.3 is 0 Å². The Hall–Kier alpha value is -2.98. The van der Waals surface area contributed by atoms with E-state index in [9.17, 15) is 9.90 Å². The Morgan fingerprint density at radius 2 is 1.92 bits per heavy atom. The molecule has 1 aliphatic rings. The van der Waals surface area contributed by atoms with Gasteiger partial charge in [-0.05, 0) is 56.2 Å². The molecular formula is C26H33Cl2N7O2. The zero-order valence-electron chi connectivity index (χ0n) is 21.6. The van der Waals surface area contributed by atoms with Crippen LogP contribution < -0.4 is 16.2 Å². The lowest BCUT2D eigenvalue weighted by Gasteiger charge is -2.33. The normalized spacial score (nSPS) is 14.4. The molecule has 0 saturated carbocycles. The summed E-state index contributed by atoms with van der Waals surface area (Å²) < 4.78 is 3.27. The molecule has 1 aromatic carbocycles. The highest BCUT2D eigenvalue weighted by molar-refractivity contribution is 5.85. The Labute approximate surface area is 228 Å². The fraction of sp³-hybridized carbons (Fsp3) is 0.385. The zero-order chi connectivity index (χ0) is 25.0. The summed E-state index contributed by atoms with van der Waals surface area (Å²) in [5, 5.41) is 17.6. The molecule has 3 N–H and O–H groups in total. The quantitative estimate of drug-likeness (QED) is 0.344. The number of nitrogens with one attached hydrogen (secondary N) is 2. The van der Waals surface area contributed by atoms with Crippen molar-refractivity contribution in [2.45, 2.75) is 58.7 Å². The van der Waals surface area contributed by atoms with Crippen LogP contribution in [0.15, 0.2) is 47.4 Å². The van der Waals surface area contributed by atoms with Gasteiger partial charge in [-0.15, -0.1) is 24.8 Å². The maximum atomic E-state index is 13.1. The first kappa shape index (κ1) is 28.6. The molecule has 0 bridgehead atoms. The largest absolute Gasteiger partial charge is 0.384 e. The molecule has 0 atom stereocenters. The lowest BCUT2D eigenvalue weighted by molar-refractivity contribution is 0.0738. The molecule has 11 heteroatoms. The van der Waals surface area contributed by atoms with Gasteiger partial charge in [0.1, 0.15) is 11.0 Å². The number of anilines is 2. The molecule has 198 valence electrons. The number of rotatable bonds is 5. The van der Waals surface area contributed by atoms with Gasteiger partial charge in [0.2, 0.25) is 5.95 Å². The van der Waals surface area contributed by atoms with E-state index in [4.69, 9.17) is 4.98 Å². The van der Waals surface area contributed by atoms with Crippen LogP contribution in [0, 0.1) is 0 Å². The first-order valence-corrected chi connectivity index (χ1v) is 11.9. The lowest BCUT2D eigenvalue weighted by Crippen LogP contribution is -2.38. The van der Waals surface area contributed by atoms with Crippen molar-refractivity contribution in [2.75, 3.05) is 11.9 Å². The van der Waals surface area contributed by atoms with Crippen molar-refractivity contribution in [3.8, 4) is 5.82 Å². The van der Waals surface area contributed by atoms with E-state index < -0.39 is 5.60 Å². The van der Waals surface area contributed by atoms with E-state index in [0.29, 0.717) is 35.0 Å². The van der Waals surface area contributed by atoms with Crippen LogP contribution in [0.3, 0.4) is 0 Å². The highest BCUT2D eigenvalue weighted by Crippen LogP contribution is 2.32. The third-order valence-corrected chi connectivity index (χ3v) is 6.53. The smallest absolute Gasteiger partial charge is 0.278 e. The number of halogens is 2. The van der Waals surface area contributed by atoms with Gasteiger partial charge in [-0.25, -0.2) is 19.3 Å². The molecule has 4 aromatic rings. The van der Waals surface area contributed by atoms with Crippen LogP contribution in [0.4, 0.5) is 11.6 Å². The van der Waals surface area contributed by atoms with E-state index in [0.717, 1.165) is 18.8 Å². The Morgan fingerprint density at radius 1 is 1.16 bits per heavy atom. The SMILES string of the molecule is CCn1c(=O)c2cnc(Nc3ccc4c(c3)CNCC4(C)C)nc2n1-c1cccc(C(C)(C)O)n1.Cl.Cl. The summed E-state index contributed by atoms with van der Waals surface area (Å²) in [6, 6.07) is 11.7. The topological polar surface area (TPSA) is 110 Å². The molecule has 1 aliphatic heterocycles. The van der Waals surface area contributed by atoms with Crippen molar-refractivity contribution < 1.29 is 5.11 Å². The Balaban J connectivity index is 0.00000190. The van der Waals surface area contributed by atoms with Crippen LogP contribution in [0.2, 0.25) is 0 Å². The molecule has 3 aromatic heterocycles. The molecule has 5 rings (SSSR count). The number of aliphatic hydroxyl groups is 1. The van der Waals surface area contributed by atoms with Crippen molar-refractivity contribution >= 4 is 47.5 Å². The molecule has 0 spiro atoms. The number of nitrogens with zero attached hydrogens (tertiary/aromatic N) is 5.